The molecule has 3 rings (SSSR count). The van der Waals surface area contributed by atoms with Crippen LogP contribution in [0, 0.1) is 5.82 Å². The molecule has 2 heterocycles. The van der Waals surface area contributed by atoms with Crippen LogP contribution >= 0.6 is 0 Å². The van der Waals surface area contributed by atoms with Crippen LogP contribution in [0.25, 0.3) is 0 Å². The molecule has 1 atom stereocenters. The van der Waals surface area contributed by atoms with E-state index in [9.17, 15) is 9.18 Å². The van der Waals surface area contributed by atoms with Gasteiger partial charge in [-0.3, -0.25) is 4.79 Å². The quantitative estimate of drug-likeness (QED) is 0.923. The van der Waals surface area contributed by atoms with Crippen LogP contribution in [-0.2, 0) is 11.2 Å². The maximum Gasteiger partial charge on any atom is 0.220 e. The Morgan fingerprint density at radius 2 is 2.09 bits per heavy atom. The third-order valence-electron chi connectivity index (χ3n) is 4.11. The fourth-order valence-corrected chi connectivity index (χ4v) is 2.88. The van der Waals surface area contributed by atoms with Crippen LogP contribution in [0.4, 0.5) is 10.2 Å². The van der Waals surface area contributed by atoms with E-state index in [1.165, 1.54) is 6.07 Å². The number of rotatable bonds is 5. The number of nitrogens with one attached hydrogen (secondary N) is 1. The van der Waals surface area contributed by atoms with Crippen molar-refractivity contribution in [2.45, 2.75) is 25.3 Å². The lowest BCUT2D eigenvalue weighted by Crippen LogP contribution is -2.37. The number of halogens is 1. The number of aromatic nitrogens is 1. The number of nitrogens with zero attached hydrogens (tertiary/aromatic N) is 2. The van der Waals surface area contributed by atoms with Gasteiger partial charge >= 0.3 is 0 Å². The fourth-order valence-electron chi connectivity index (χ4n) is 2.88. The first-order valence-electron chi connectivity index (χ1n) is 7.91. The van der Waals surface area contributed by atoms with Gasteiger partial charge in [-0.1, -0.05) is 24.3 Å². The number of carbonyl (C=O) groups is 1. The van der Waals surface area contributed by atoms with Crippen LogP contribution < -0.4 is 10.2 Å². The molecular formula is C18H20FN3O. The van der Waals surface area contributed by atoms with Gasteiger partial charge in [-0.2, -0.15) is 0 Å². The molecule has 1 aromatic carbocycles. The Labute approximate surface area is 135 Å². The summed E-state index contributed by atoms with van der Waals surface area (Å²) in [7, 11) is 0. The van der Waals surface area contributed by atoms with Crippen molar-refractivity contribution in [3.05, 3.63) is 60.0 Å². The second kappa shape index (κ2) is 7.22. The van der Waals surface area contributed by atoms with Gasteiger partial charge in [0.15, 0.2) is 0 Å². The molecule has 1 saturated heterocycles. The van der Waals surface area contributed by atoms with Gasteiger partial charge in [0, 0.05) is 31.7 Å². The Morgan fingerprint density at radius 3 is 2.87 bits per heavy atom. The van der Waals surface area contributed by atoms with Crippen molar-refractivity contribution in [3.8, 4) is 0 Å². The van der Waals surface area contributed by atoms with E-state index in [1.54, 1.807) is 24.4 Å². The van der Waals surface area contributed by atoms with Crippen LogP contribution in [0.5, 0.6) is 0 Å². The Bertz CT molecular complexity index is 662. The molecule has 1 aliphatic rings. The minimum atomic E-state index is -0.248. The molecule has 1 aromatic heterocycles. The minimum absolute atomic E-state index is 0.0267. The van der Waals surface area contributed by atoms with Gasteiger partial charge in [-0.05, 0) is 36.6 Å². The van der Waals surface area contributed by atoms with E-state index in [0.717, 1.165) is 25.3 Å². The molecular weight excluding hydrogens is 293 g/mol. The number of hydrogen-bond acceptors (Lipinski definition) is 3. The summed E-state index contributed by atoms with van der Waals surface area (Å²) >= 11 is 0. The summed E-state index contributed by atoms with van der Waals surface area (Å²) in [4.78, 5) is 18.6. The SMILES string of the molecule is O=C(CCc1ccccc1F)N[C@H]1CCN(c2ccccn2)C1. The van der Waals surface area contributed by atoms with Gasteiger partial charge in [0.25, 0.3) is 0 Å². The molecule has 1 fully saturated rings. The monoisotopic (exact) mass is 313 g/mol. The summed E-state index contributed by atoms with van der Waals surface area (Å²) < 4.78 is 13.5. The first-order chi connectivity index (χ1) is 11.2. The number of benzene rings is 1. The highest BCUT2D eigenvalue weighted by molar-refractivity contribution is 5.76. The highest BCUT2D eigenvalue weighted by atomic mass is 19.1. The van der Waals surface area contributed by atoms with Crippen molar-refractivity contribution >= 4 is 11.7 Å². The summed E-state index contributed by atoms with van der Waals surface area (Å²) in [6.45, 7) is 1.65. The number of anilines is 1. The average molecular weight is 313 g/mol. The Balaban J connectivity index is 1.47. The molecule has 1 aliphatic heterocycles. The second-order valence-corrected chi connectivity index (χ2v) is 5.78. The summed E-state index contributed by atoms with van der Waals surface area (Å²) in [6.07, 6.45) is 3.41. The van der Waals surface area contributed by atoms with Crippen molar-refractivity contribution in [1.82, 2.24) is 10.3 Å². The predicted octanol–water partition coefficient (Wildman–Crippen LogP) is 2.55. The van der Waals surface area contributed by atoms with Gasteiger partial charge in [0.05, 0.1) is 0 Å². The Kier molecular flexibility index (Phi) is 4.86. The van der Waals surface area contributed by atoms with Crippen molar-refractivity contribution in [2.24, 2.45) is 0 Å². The number of hydrogen-bond donors (Lipinski definition) is 1. The molecule has 1 N–H and O–H groups in total. The van der Waals surface area contributed by atoms with Gasteiger partial charge < -0.3 is 10.2 Å². The standard InChI is InChI=1S/C18H20FN3O/c19-16-6-2-1-5-14(16)8-9-18(23)21-15-10-12-22(13-15)17-7-3-4-11-20-17/h1-7,11,15H,8-10,12-13H2,(H,21,23)/t15-/m0/s1. The lowest BCUT2D eigenvalue weighted by Gasteiger charge is -2.17. The number of pyridine rings is 1. The molecule has 5 heteroatoms. The van der Waals surface area contributed by atoms with E-state index in [2.05, 4.69) is 15.2 Å². The van der Waals surface area contributed by atoms with Crippen molar-refractivity contribution < 1.29 is 9.18 Å². The lowest BCUT2D eigenvalue weighted by molar-refractivity contribution is -0.121. The number of amides is 1. The normalized spacial score (nSPS) is 17.3. The molecule has 1 amide bonds. The van der Waals surface area contributed by atoms with Crippen LogP contribution in [0.2, 0.25) is 0 Å². The van der Waals surface area contributed by atoms with Crippen molar-refractivity contribution in [1.29, 1.82) is 0 Å². The van der Waals surface area contributed by atoms with Crippen LogP contribution in [-0.4, -0.2) is 30.0 Å². The molecule has 0 unspecified atom stereocenters. The number of aryl methyl sites for hydroxylation is 1. The molecule has 0 saturated carbocycles. The van der Waals surface area contributed by atoms with E-state index in [4.69, 9.17) is 0 Å². The maximum absolute atomic E-state index is 13.5. The van der Waals surface area contributed by atoms with Gasteiger partial charge in [-0.15, -0.1) is 0 Å². The molecule has 0 bridgehead atoms. The third kappa shape index (κ3) is 4.06. The summed E-state index contributed by atoms with van der Waals surface area (Å²) in [5.41, 5.74) is 0.587. The van der Waals surface area contributed by atoms with E-state index >= 15 is 0 Å². The van der Waals surface area contributed by atoms with Gasteiger partial charge in [0.2, 0.25) is 5.91 Å². The molecule has 23 heavy (non-hydrogen) atoms. The van der Waals surface area contributed by atoms with Crippen LogP contribution in [0.1, 0.15) is 18.4 Å². The topological polar surface area (TPSA) is 45.2 Å². The summed E-state index contributed by atoms with van der Waals surface area (Å²) in [5, 5.41) is 3.04. The van der Waals surface area contributed by atoms with E-state index in [1.807, 2.05) is 18.2 Å². The third-order valence-corrected chi connectivity index (χ3v) is 4.11. The van der Waals surface area contributed by atoms with Crippen LogP contribution in [0.3, 0.4) is 0 Å². The Hall–Kier alpha value is -2.43. The molecule has 4 nitrogen and oxygen atoms in total. The van der Waals surface area contributed by atoms with Gasteiger partial charge in [0.1, 0.15) is 11.6 Å². The van der Waals surface area contributed by atoms with Crippen molar-refractivity contribution in [3.63, 3.8) is 0 Å². The summed E-state index contributed by atoms with van der Waals surface area (Å²) in [5.74, 6) is 0.666. The van der Waals surface area contributed by atoms with Gasteiger partial charge in [-0.25, -0.2) is 9.37 Å². The molecule has 0 spiro atoms. The van der Waals surface area contributed by atoms with E-state index < -0.39 is 0 Å². The maximum atomic E-state index is 13.5. The largest absolute Gasteiger partial charge is 0.354 e. The molecule has 2 aromatic rings. The smallest absolute Gasteiger partial charge is 0.220 e. The fraction of sp³-hybridized carbons (Fsp3) is 0.333. The Morgan fingerprint density at radius 1 is 1.26 bits per heavy atom. The average Bonchev–Trinajstić information content (AvgIpc) is 3.03. The zero-order chi connectivity index (χ0) is 16.1. The van der Waals surface area contributed by atoms with E-state index in [0.29, 0.717) is 18.4 Å². The molecule has 120 valence electrons. The second-order valence-electron chi connectivity index (χ2n) is 5.78. The lowest BCUT2D eigenvalue weighted by atomic mass is 10.1. The molecule has 0 aliphatic carbocycles. The summed E-state index contributed by atoms with van der Waals surface area (Å²) in [6, 6.07) is 12.6. The highest BCUT2D eigenvalue weighted by Gasteiger charge is 2.24. The highest BCUT2D eigenvalue weighted by Crippen LogP contribution is 2.17. The van der Waals surface area contributed by atoms with Crippen molar-refractivity contribution in [2.75, 3.05) is 18.0 Å². The molecule has 0 radical (unpaired) electrons. The predicted molar refractivity (Wildman–Crippen MR) is 87.7 cm³/mol. The first-order valence-corrected chi connectivity index (χ1v) is 7.91. The zero-order valence-electron chi connectivity index (χ0n) is 12.9. The van der Waals surface area contributed by atoms with Crippen LogP contribution in [0.15, 0.2) is 48.7 Å². The zero-order valence-corrected chi connectivity index (χ0v) is 12.9. The minimum Gasteiger partial charge on any atom is -0.354 e. The first kappa shape index (κ1) is 15.5. The number of carbonyl (C=O) groups excluding carboxylic acids is 1. The van der Waals surface area contributed by atoms with E-state index in [-0.39, 0.29) is 17.8 Å².